The highest BCUT2D eigenvalue weighted by atomic mass is 16.5. The van der Waals surface area contributed by atoms with Gasteiger partial charge in [-0.1, -0.05) is 12.1 Å². The van der Waals surface area contributed by atoms with Gasteiger partial charge in [-0.2, -0.15) is 0 Å². The second kappa shape index (κ2) is 8.97. The van der Waals surface area contributed by atoms with Crippen molar-refractivity contribution in [1.29, 1.82) is 0 Å². The standard InChI is InChI=1S/C15H22N2O4/c1-3-21-10-9-17(2)15(20)16-13-6-4-5-12(11-13)7-8-14(18)19/h4-6,11H,3,7-10H2,1-2H3,(H,16,20)(H,18,19). The highest BCUT2D eigenvalue weighted by Gasteiger charge is 2.09. The number of benzene rings is 1. The minimum atomic E-state index is -0.833. The lowest BCUT2D eigenvalue weighted by Crippen LogP contribution is -2.34. The van der Waals surface area contributed by atoms with E-state index in [0.29, 0.717) is 31.9 Å². The van der Waals surface area contributed by atoms with E-state index in [4.69, 9.17) is 9.84 Å². The Hall–Kier alpha value is -2.08. The maximum atomic E-state index is 11.9. The zero-order valence-electron chi connectivity index (χ0n) is 12.5. The van der Waals surface area contributed by atoms with Crippen molar-refractivity contribution in [1.82, 2.24) is 4.90 Å². The highest BCUT2D eigenvalue weighted by Crippen LogP contribution is 2.13. The smallest absolute Gasteiger partial charge is 0.321 e. The first-order valence-corrected chi connectivity index (χ1v) is 6.93. The summed E-state index contributed by atoms with van der Waals surface area (Å²) in [5, 5.41) is 11.5. The SMILES string of the molecule is CCOCCN(C)C(=O)Nc1cccc(CCC(=O)O)c1. The van der Waals surface area contributed by atoms with E-state index in [1.807, 2.05) is 13.0 Å². The van der Waals surface area contributed by atoms with Gasteiger partial charge in [0.1, 0.15) is 0 Å². The van der Waals surface area contributed by atoms with E-state index < -0.39 is 5.97 Å². The number of aliphatic carboxylic acids is 1. The normalized spacial score (nSPS) is 10.2. The monoisotopic (exact) mass is 294 g/mol. The summed E-state index contributed by atoms with van der Waals surface area (Å²) in [6, 6.07) is 6.99. The molecule has 0 saturated carbocycles. The summed E-state index contributed by atoms with van der Waals surface area (Å²) in [7, 11) is 1.70. The van der Waals surface area contributed by atoms with Crippen LogP contribution in [0, 0.1) is 0 Å². The molecule has 1 aromatic carbocycles. The minimum Gasteiger partial charge on any atom is -0.481 e. The van der Waals surface area contributed by atoms with Gasteiger partial charge < -0.3 is 20.1 Å². The molecule has 0 aliphatic rings. The van der Waals surface area contributed by atoms with E-state index in [1.165, 1.54) is 0 Å². The Balaban J connectivity index is 2.51. The molecule has 2 amide bonds. The molecule has 116 valence electrons. The summed E-state index contributed by atoms with van der Waals surface area (Å²) in [6.45, 7) is 3.54. The van der Waals surface area contributed by atoms with E-state index in [1.54, 1.807) is 30.1 Å². The number of amides is 2. The number of carboxylic acids is 1. The van der Waals surface area contributed by atoms with Gasteiger partial charge in [-0.3, -0.25) is 4.79 Å². The maximum absolute atomic E-state index is 11.9. The van der Waals surface area contributed by atoms with Gasteiger partial charge in [0.05, 0.1) is 6.61 Å². The number of hydrogen-bond donors (Lipinski definition) is 2. The lowest BCUT2D eigenvalue weighted by Gasteiger charge is -2.18. The van der Waals surface area contributed by atoms with Crippen LogP contribution in [0.3, 0.4) is 0 Å². The number of carbonyl (C=O) groups is 2. The molecule has 1 rings (SSSR count). The summed E-state index contributed by atoms with van der Waals surface area (Å²) in [6.07, 6.45) is 0.519. The van der Waals surface area contributed by atoms with Crippen LogP contribution in [0.5, 0.6) is 0 Å². The van der Waals surface area contributed by atoms with Crippen molar-refractivity contribution in [2.45, 2.75) is 19.8 Å². The zero-order chi connectivity index (χ0) is 15.7. The summed E-state index contributed by atoms with van der Waals surface area (Å²) in [5.74, 6) is -0.833. The van der Waals surface area contributed by atoms with Crippen molar-refractivity contribution in [3.05, 3.63) is 29.8 Å². The molecule has 0 aromatic heterocycles. The number of urea groups is 1. The van der Waals surface area contributed by atoms with E-state index in [0.717, 1.165) is 5.56 Å². The van der Waals surface area contributed by atoms with Crippen molar-refractivity contribution in [2.75, 3.05) is 32.1 Å². The van der Waals surface area contributed by atoms with Gasteiger partial charge in [0.2, 0.25) is 0 Å². The molecule has 1 aromatic rings. The number of carboxylic acid groups (broad SMARTS) is 1. The molecule has 0 bridgehead atoms. The molecule has 0 saturated heterocycles. The minimum absolute atomic E-state index is 0.0751. The summed E-state index contributed by atoms with van der Waals surface area (Å²) < 4.78 is 5.20. The highest BCUT2D eigenvalue weighted by molar-refractivity contribution is 5.89. The maximum Gasteiger partial charge on any atom is 0.321 e. The average molecular weight is 294 g/mol. The van der Waals surface area contributed by atoms with Gasteiger partial charge in [0.15, 0.2) is 0 Å². The Morgan fingerprint density at radius 3 is 2.81 bits per heavy atom. The molecular formula is C15H22N2O4. The van der Waals surface area contributed by atoms with E-state index in [2.05, 4.69) is 5.32 Å². The second-order valence-electron chi connectivity index (χ2n) is 4.64. The van der Waals surface area contributed by atoms with Gasteiger partial charge in [-0.05, 0) is 31.0 Å². The molecule has 0 heterocycles. The van der Waals surface area contributed by atoms with Gasteiger partial charge in [-0.15, -0.1) is 0 Å². The van der Waals surface area contributed by atoms with Crippen molar-refractivity contribution >= 4 is 17.7 Å². The largest absolute Gasteiger partial charge is 0.481 e. The van der Waals surface area contributed by atoms with Gasteiger partial charge in [-0.25, -0.2) is 4.79 Å². The van der Waals surface area contributed by atoms with Gasteiger partial charge in [0.25, 0.3) is 0 Å². The Morgan fingerprint density at radius 1 is 1.38 bits per heavy atom. The fraction of sp³-hybridized carbons (Fsp3) is 0.467. The topological polar surface area (TPSA) is 78.9 Å². The third kappa shape index (κ3) is 6.76. The van der Waals surface area contributed by atoms with Crippen LogP contribution < -0.4 is 5.32 Å². The first-order valence-electron chi connectivity index (χ1n) is 6.93. The number of aryl methyl sites for hydroxylation is 1. The molecule has 0 spiro atoms. The summed E-state index contributed by atoms with van der Waals surface area (Å²) in [5.41, 5.74) is 1.54. The van der Waals surface area contributed by atoms with Crippen molar-refractivity contribution in [3.63, 3.8) is 0 Å². The van der Waals surface area contributed by atoms with E-state index >= 15 is 0 Å². The summed E-state index contributed by atoms with van der Waals surface area (Å²) >= 11 is 0. The Morgan fingerprint density at radius 2 is 2.14 bits per heavy atom. The van der Waals surface area contributed by atoms with E-state index in [9.17, 15) is 9.59 Å². The van der Waals surface area contributed by atoms with Gasteiger partial charge in [0, 0.05) is 32.3 Å². The number of carbonyl (C=O) groups excluding carboxylic acids is 1. The molecule has 0 radical (unpaired) electrons. The van der Waals surface area contributed by atoms with Crippen molar-refractivity contribution in [3.8, 4) is 0 Å². The molecule has 6 nitrogen and oxygen atoms in total. The molecule has 0 aliphatic carbocycles. The zero-order valence-corrected chi connectivity index (χ0v) is 12.5. The molecule has 2 N–H and O–H groups in total. The quantitative estimate of drug-likeness (QED) is 0.720. The molecule has 0 fully saturated rings. The number of hydrogen-bond acceptors (Lipinski definition) is 3. The molecule has 21 heavy (non-hydrogen) atoms. The first kappa shape index (κ1) is 17.0. The first-order chi connectivity index (χ1) is 10.0. The third-order valence-electron chi connectivity index (χ3n) is 2.93. The van der Waals surface area contributed by atoms with Crippen LogP contribution in [0.15, 0.2) is 24.3 Å². The van der Waals surface area contributed by atoms with Crippen LogP contribution in [0.25, 0.3) is 0 Å². The van der Waals surface area contributed by atoms with Crippen LogP contribution in [0.1, 0.15) is 18.9 Å². The lowest BCUT2D eigenvalue weighted by atomic mass is 10.1. The molecule has 0 aliphatic heterocycles. The lowest BCUT2D eigenvalue weighted by molar-refractivity contribution is -0.136. The fourth-order valence-electron chi connectivity index (χ4n) is 1.72. The number of nitrogens with one attached hydrogen (secondary N) is 1. The number of anilines is 1. The Kier molecular flexibility index (Phi) is 7.25. The predicted octanol–water partition coefficient (Wildman–Crippen LogP) is 2.20. The van der Waals surface area contributed by atoms with Crippen molar-refractivity contribution in [2.24, 2.45) is 0 Å². The van der Waals surface area contributed by atoms with Crippen molar-refractivity contribution < 1.29 is 19.4 Å². The summed E-state index contributed by atoms with van der Waals surface area (Å²) in [4.78, 5) is 24.1. The van der Waals surface area contributed by atoms with Crippen LogP contribution in [0.2, 0.25) is 0 Å². The Labute approximate surface area is 124 Å². The molecule has 0 unspecified atom stereocenters. The third-order valence-corrected chi connectivity index (χ3v) is 2.93. The number of nitrogens with zero attached hydrogens (tertiary/aromatic N) is 1. The Bertz CT molecular complexity index is 476. The van der Waals surface area contributed by atoms with Crippen LogP contribution >= 0.6 is 0 Å². The predicted molar refractivity (Wildman–Crippen MR) is 80.5 cm³/mol. The molecule has 0 atom stereocenters. The average Bonchev–Trinajstić information content (AvgIpc) is 2.45. The van der Waals surface area contributed by atoms with Crippen LogP contribution in [-0.2, 0) is 16.0 Å². The number of ether oxygens (including phenoxy) is 1. The van der Waals surface area contributed by atoms with E-state index in [-0.39, 0.29) is 12.5 Å². The second-order valence-corrected chi connectivity index (χ2v) is 4.64. The van der Waals surface area contributed by atoms with Gasteiger partial charge >= 0.3 is 12.0 Å². The molecule has 6 heteroatoms. The number of rotatable bonds is 8. The molecular weight excluding hydrogens is 272 g/mol. The fourth-order valence-corrected chi connectivity index (χ4v) is 1.72. The number of likely N-dealkylation sites (N-methyl/N-ethyl adjacent to an activating group) is 1. The van der Waals surface area contributed by atoms with Crippen LogP contribution in [-0.4, -0.2) is 48.8 Å². The van der Waals surface area contributed by atoms with Crippen LogP contribution in [0.4, 0.5) is 10.5 Å².